The summed E-state index contributed by atoms with van der Waals surface area (Å²) >= 11 is 0. The van der Waals surface area contributed by atoms with Crippen molar-refractivity contribution in [1.82, 2.24) is 15.0 Å². The Hall–Kier alpha value is -6.45. The van der Waals surface area contributed by atoms with Gasteiger partial charge in [-0.25, -0.2) is 9.97 Å². The third kappa shape index (κ3) is 5.80. The molecular weight excluding hydrogens is 607 g/mol. The van der Waals surface area contributed by atoms with Crippen LogP contribution in [-0.2, 0) is 0 Å². The molecule has 3 heteroatoms. The minimum atomic E-state index is 0.424. The lowest BCUT2D eigenvalue weighted by Gasteiger charge is -2.23. The minimum Gasteiger partial charge on any atom is -0.263 e. The summed E-state index contributed by atoms with van der Waals surface area (Å²) in [5.74, 6) is 1.13. The number of allylic oxidation sites excluding steroid dienone is 8. The van der Waals surface area contributed by atoms with Crippen molar-refractivity contribution in [2.75, 3.05) is 0 Å². The fourth-order valence-corrected chi connectivity index (χ4v) is 7.04. The predicted molar refractivity (Wildman–Crippen MR) is 207 cm³/mol. The zero-order valence-corrected chi connectivity index (χ0v) is 27.4. The molecule has 0 saturated carbocycles. The smallest absolute Gasteiger partial charge is 0.160 e. The first-order valence-corrected chi connectivity index (χ1v) is 17.1. The Bertz CT molecular complexity index is 2480. The molecule has 0 saturated heterocycles. The molecular formula is C47H33N3. The summed E-state index contributed by atoms with van der Waals surface area (Å²) in [6.45, 7) is 0. The Morgan fingerprint density at radius 1 is 0.500 bits per heavy atom. The molecule has 0 radical (unpaired) electrons. The van der Waals surface area contributed by atoms with Gasteiger partial charge in [-0.2, -0.15) is 0 Å². The molecule has 5 aromatic carbocycles. The van der Waals surface area contributed by atoms with E-state index in [2.05, 4.69) is 169 Å². The van der Waals surface area contributed by atoms with Gasteiger partial charge in [0, 0.05) is 46.0 Å². The summed E-state index contributed by atoms with van der Waals surface area (Å²) < 4.78 is 0. The van der Waals surface area contributed by atoms with E-state index in [9.17, 15) is 0 Å². The van der Waals surface area contributed by atoms with Crippen LogP contribution in [-0.4, -0.2) is 15.0 Å². The molecule has 50 heavy (non-hydrogen) atoms. The molecule has 7 aromatic rings. The number of aromatic nitrogens is 3. The van der Waals surface area contributed by atoms with Gasteiger partial charge in [-0.3, -0.25) is 4.98 Å². The predicted octanol–water partition coefficient (Wildman–Crippen LogP) is 11.8. The van der Waals surface area contributed by atoms with E-state index in [-0.39, 0.29) is 0 Å². The third-order valence-corrected chi connectivity index (χ3v) is 9.75. The molecule has 0 aliphatic heterocycles. The average molecular weight is 640 g/mol. The molecule has 0 N–H and O–H groups in total. The van der Waals surface area contributed by atoms with Crippen LogP contribution >= 0.6 is 0 Å². The van der Waals surface area contributed by atoms with Crippen LogP contribution in [0.2, 0.25) is 0 Å². The van der Waals surface area contributed by atoms with Gasteiger partial charge < -0.3 is 0 Å². The normalized spacial score (nSPS) is 15.0. The summed E-state index contributed by atoms with van der Waals surface area (Å²) in [7, 11) is 0. The van der Waals surface area contributed by atoms with Crippen molar-refractivity contribution < 1.29 is 0 Å². The Morgan fingerprint density at radius 3 is 2.04 bits per heavy atom. The monoisotopic (exact) mass is 639 g/mol. The van der Waals surface area contributed by atoms with Crippen molar-refractivity contribution in [2.45, 2.75) is 6.42 Å². The molecule has 3 nitrogen and oxygen atoms in total. The zero-order chi connectivity index (χ0) is 33.3. The highest BCUT2D eigenvalue weighted by Gasteiger charge is 2.19. The molecule has 0 amide bonds. The van der Waals surface area contributed by atoms with Crippen LogP contribution in [0.1, 0.15) is 12.0 Å². The maximum Gasteiger partial charge on any atom is 0.160 e. The van der Waals surface area contributed by atoms with E-state index in [4.69, 9.17) is 9.97 Å². The van der Waals surface area contributed by atoms with Crippen molar-refractivity contribution in [2.24, 2.45) is 5.92 Å². The zero-order valence-electron chi connectivity index (χ0n) is 27.4. The number of nitrogens with zero attached hydrogens (tertiary/aromatic N) is 3. The SMILES string of the molecule is C1=CC2=CC=C(c3cccc(-c4cc(-c5ccc(-c6cncc7ccccc67)cc5)nc(-c5ccc(-c6ccccc6)cc5)n4)c3)CC2C=C1. The van der Waals surface area contributed by atoms with E-state index in [1.165, 1.54) is 33.2 Å². The highest BCUT2D eigenvalue weighted by Crippen LogP contribution is 2.37. The number of rotatable bonds is 6. The molecule has 236 valence electrons. The van der Waals surface area contributed by atoms with E-state index in [0.29, 0.717) is 11.7 Å². The van der Waals surface area contributed by atoms with Gasteiger partial charge in [-0.05, 0) is 57.3 Å². The van der Waals surface area contributed by atoms with E-state index >= 15 is 0 Å². The maximum atomic E-state index is 5.18. The van der Waals surface area contributed by atoms with Crippen molar-refractivity contribution in [3.8, 4) is 56.2 Å². The van der Waals surface area contributed by atoms with Crippen LogP contribution < -0.4 is 0 Å². The summed E-state index contributed by atoms with van der Waals surface area (Å²) in [6.07, 6.45) is 18.2. The van der Waals surface area contributed by atoms with Gasteiger partial charge in [0.05, 0.1) is 11.4 Å². The van der Waals surface area contributed by atoms with E-state index < -0.39 is 0 Å². The Kier molecular flexibility index (Phi) is 7.64. The van der Waals surface area contributed by atoms with Gasteiger partial charge in [-0.1, -0.05) is 158 Å². The van der Waals surface area contributed by atoms with Gasteiger partial charge in [-0.15, -0.1) is 0 Å². The lowest BCUT2D eigenvalue weighted by Crippen LogP contribution is -2.06. The Labute approximate surface area is 292 Å². The number of pyridine rings is 1. The highest BCUT2D eigenvalue weighted by molar-refractivity contribution is 5.96. The first kappa shape index (κ1) is 29.7. The first-order chi connectivity index (χ1) is 24.7. The van der Waals surface area contributed by atoms with Gasteiger partial charge in [0.2, 0.25) is 0 Å². The molecule has 2 heterocycles. The quantitative estimate of drug-likeness (QED) is 0.182. The van der Waals surface area contributed by atoms with Crippen LogP contribution in [0.15, 0.2) is 188 Å². The third-order valence-electron chi connectivity index (χ3n) is 9.75. The van der Waals surface area contributed by atoms with Crippen molar-refractivity contribution in [3.05, 3.63) is 193 Å². The van der Waals surface area contributed by atoms with Crippen LogP contribution in [0.5, 0.6) is 0 Å². The number of hydrogen-bond donors (Lipinski definition) is 0. The van der Waals surface area contributed by atoms with E-state index in [0.717, 1.165) is 51.0 Å². The maximum absolute atomic E-state index is 5.18. The second-order valence-electron chi connectivity index (χ2n) is 12.9. The summed E-state index contributed by atoms with van der Waals surface area (Å²) in [6, 6.07) is 47.0. The topological polar surface area (TPSA) is 38.7 Å². The second-order valence-corrected chi connectivity index (χ2v) is 12.9. The fraction of sp³-hybridized carbons (Fsp3) is 0.0426. The number of benzene rings is 5. The summed E-state index contributed by atoms with van der Waals surface area (Å²) in [4.78, 5) is 14.8. The van der Waals surface area contributed by atoms with Crippen LogP contribution in [0, 0.1) is 5.92 Å². The van der Waals surface area contributed by atoms with Gasteiger partial charge in [0.1, 0.15) is 0 Å². The van der Waals surface area contributed by atoms with Crippen LogP contribution in [0.4, 0.5) is 0 Å². The lowest BCUT2D eigenvalue weighted by atomic mass is 9.82. The molecule has 0 fully saturated rings. The molecule has 2 aliphatic rings. The largest absolute Gasteiger partial charge is 0.263 e. The standard InChI is InChI=1S/C47H33N3/c1-2-9-32(10-3-1)34-17-24-37(25-18-34)47-49-45(36-22-20-35(21-23-36)44-31-48-30-42-13-6-7-16-43(42)44)29-46(50-47)41-15-8-14-39(28-41)40-26-19-33-11-4-5-12-38(33)27-40/h1-26,28-31,38H,27H2. The van der Waals surface area contributed by atoms with Crippen LogP contribution in [0.25, 0.3) is 72.5 Å². The summed E-state index contributed by atoms with van der Waals surface area (Å²) in [5, 5.41) is 2.32. The van der Waals surface area contributed by atoms with E-state index in [1.54, 1.807) is 0 Å². The molecule has 1 unspecified atom stereocenters. The fourth-order valence-electron chi connectivity index (χ4n) is 7.04. The van der Waals surface area contributed by atoms with Crippen LogP contribution in [0.3, 0.4) is 0 Å². The number of hydrogen-bond acceptors (Lipinski definition) is 3. The van der Waals surface area contributed by atoms with Crippen molar-refractivity contribution in [1.29, 1.82) is 0 Å². The number of fused-ring (bicyclic) bond motifs is 2. The average Bonchev–Trinajstić information content (AvgIpc) is 3.21. The second kappa shape index (κ2) is 12.9. The van der Waals surface area contributed by atoms with E-state index in [1.807, 2.05) is 18.5 Å². The highest BCUT2D eigenvalue weighted by atomic mass is 14.9. The molecule has 2 aliphatic carbocycles. The van der Waals surface area contributed by atoms with Crippen molar-refractivity contribution >= 4 is 16.3 Å². The first-order valence-electron chi connectivity index (χ1n) is 17.1. The molecule has 0 bridgehead atoms. The molecule has 0 spiro atoms. The van der Waals surface area contributed by atoms with Gasteiger partial charge >= 0.3 is 0 Å². The summed E-state index contributed by atoms with van der Waals surface area (Å²) in [5.41, 5.74) is 13.4. The molecule has 1 atom stereocenters. The minimum absolute atomic E-state index is 0.424. The molecule has 9 rings (SSSR count). The lowest BCUT2D eigenvalue weighted by molar-refractivity contribution is 0.793. The Balaban J connectivity index is 1.12. The van der Waals surface area contributed by atoms with Gasteiger partial charge in [0.25, 0.3) is 0 Å². The van der Waals surface area contributed by atoms with Crippen molar-refractivity contribution in [3.63, 3.8) is 0 Å². The Morgan fingerprint density at radius 2 is 1.18 bits per heavy atom. The van der Waals surface area contributed by atoms with Gasteiger partial charge in [0.15, 0.2) is 5.82 Å². The molecule has 2 aromatic heterocycles.